The Morgan fingerprint density at radius 2 is 1.80 bits per heavy atom. The number of carbonyl (C=O) groups excluding carboxylic acids is 1. The van der Waals surface area contributed by atoms with Gasteiger partial charge in [-0.15, -0.1) is 0 Å². The van der Waals surface area contributed by atoms with Crippen LogP contribution >= 0.6 is 0 Å². The van der Waals surface area contributed by atoms with Crippen LogP contribution in [0, 0.1) is 5.92 Å². The summed E-state index contributed by atoms with van der Waals surface area (Å²) in [4.78, 5) is 32.9. The van der Waals surface area contributed by atoms with E-state index >= 15 is 0 Å². The van der Waals surface area contributed by atoms with E-state index in [4.69, 9.17) is 14.2 Å². The van der Waals surface area contributed by atoms with Crippen molar-refractivity contribution in [3.63, 3.8) is 0 Å². The number of hydrogen-bond acceptors (Lipinski definition) is 7. The third-order valence-corrected chi connectivity index (χ3v) is 8.67. The standard InChI is InChI=1S/C31H49N3O6/c1-4-5-16-33(17-8-7-15-32(2)3)29(35)21-34-20-25(23-11-14-27-28(19-23)40-22-39-27)30(31(36)37)26(34)13-12-24-10-6-9-18-38-24/h11,14,19,24-26,30H,4-10,12-13,15-18,20-22H2,1-3H3,(H,36,37)/t24?,25-,26+,30-/m1/s1. The quantitative estimate of drug-likeness (QED) is 0.320. The summed E-state index contributed by atoms with van der Waals surface area (Å²) in [5.74, 6) is -0.201. The molecule has 0 radical (unpaired) electrons. The number of benzene rings is 1. The van der Waals surface area contributed by atoms with Crippen LogP contribution in [0.4, 0.5) is 0 Å². The highest BCUT2D eigenvalue weighted by molar-refractivity contribution is 5.79. The van der Waals surface area contributed by atoms with Crippen LogP contribution in [0.2, 0.25) is 0 Å². The molecule has 224 valence electrons. The van der Waals surface area contributed by atoms with Crippen molar-refractivity contribution in [1.29, 1.82) is 0 Å². The predicted octanol–water partition coefficient (Wildman–Crippen LogP) is 4.20. The van der Waals surface area contributed by atoms with Crippen molar-refractivity contribution in [2.24, 2.45) is 5.92 Å². The number of hydrogen-bond donors (Lipinski definition) is 1. The molecule has 0 spiro atoms. The molecular formula is C31H49N3O6. The van der Waals surface area contributed by atoms with Crippen molar-refractivity contribution < 1.29 is 28.9 Å². The van der Waals surface area contributed by atoms with Crippen LogP contribution in [0.1, 0.15) is 76.2 Å². The molecule has 2 fully saturated rings. The minimum atomic E-state index is -0.807. The molecule has 1 aromatic rings. The molecule has 0 aromatic heterocycles. The fourth-order valence-corrected chi connectivity index (χ4v) is 6.44. The number of carboxylic acid groups (broad SMARTS) is 1. The summed E-state index contributed by atoms with van der Waals surface area (Å²) in [6.07, 6.45) is 8.96. The van der Waals surface area contributed by atoms with Gasteiger partial charge in [0.2, 0.25) is 12.7 Å². The number of fused-ring (bicyclic) bond motifs is 1. The number of ether oxygens (including phenoxy) is 3. The summed E-state index contributed by atoms with van der Waals surface area (Å²) < 4.78 is 17.1. The Labute approximate surface area is 239 Å². The summed E-state index contributed by atoms with van der Waals surface area (Å²) in [6, 6.07) is 5.52. The molecule has 0 bridgehead atoms. The number of nitrogens with zero attached hydrogens (tertiary/aromatic N) is 3. The number of aliphatic carboxylic acids is 1. The second-order valence-electron chi connectivity index (χ2n) is 11.9. The zero-order chi connectivity index (χ0) is 28.5. The maximum absolute atomic E-state index is 13.7. The fourth-order valence-electron chi connectivity index (χ4n) is 6.44. The Balaban J connectivity index is 1.51. The van der Waals surface area contributed by atoms with E-state index in [0.717, 1.165) is 83.2 Å². The number of likely N-dealkylation sites (tertiary alicyclic amines) is 1. The molecule has 9 heteroatoms. The van der Waals surface area contributed by atoms with Crippen molar-refractivity contribution in [3.05, 3.63) is 23.8 Å². The second kappa shape index (κ2) is 15.0. The number of amides is 1. The first-order valence-electron chi connectivity index (χ1n) is 15.3. The Hall–Kier alpha value is -2.36. The molecule has 3 aliphatic rings. The first-order valence-corrected chi connectivity index (χ1v) is 15.3. The van der Waals surface area contributed by atoms with Gasteiger partial charge in [-0.25, -0.2) is 0 Å². The van der Waals surface area contributed by atoms with Crippen molar-refractivity contribution in [1.82, 2.24) is 14.7 Å². The van der Waals surface area contributed by atoms with E-state index in [1.54, 1.807) is 0 Å². The minimum absolute atomic E-state index is 0.104. The van der Waals surface area contributed by atoms with Gasteiger partial charge in [-0.3, -0.25) is 14.5 Å². The SMILES string of the molecule is CCCCN(CCCCN(C)C)C(=O)CN1C[C@H](c2ccc3c(c2)OCO3)[C@@H](C(=O)O)[C@@H]1CCC1CCCCO1. The Kier molecular flexibility index (Phi) is 11.5. The van der Waals surface area contributed by atoms with E-state index in [1.165, 1.54) is 0 Å². The average Bonchev–Trinajstić information content (AvgIpc) is 3.56. The lowest BCUT2D eigenvalue weighted by molar-refractivity contribution is -0.144. The monoisotopic (exact) mass is 559 g/mol. The molecule has 3 aliphatic heterocycles. The highest BCUT2D eigenvalue weighted by atomic mass is 16.7. The number of carboxylic acids is 1. The molecule has 40 heavy (non-hydrogen) atoms. The zero-order valence-electron chi connectivity index (χ0n) is 24.7. The molecule has 0 saturated carbocycles. The van der Waals surface area contributed by atoms with Crippen LogP contribution < -0.4 is 9.47 Å². The Bertz CT molecular complexity index is 966. The molecule has 9 nitrogen and oxygen atoms in total. The lowest BCUT2D eigenvalue weighted by Gasteiger charge is -2.31. The average molecular weight is 560 g/mol. The summed E-state index contributed by atoms with van der Waals surface area (Å²) >= 11 is 0. The van der Waals surface area contributed by atoms with Gasteiger partial charge in [0.1, 0.15) is 0 Å². The normalized spacial score (nSPS) is 24.5. The second-order valence-corrected chi connectivity index (χ2v) is 11.9. The number of rotatable bonds is 15. The van der Waals surface area contributed by atoms with Crippen LogP contribution in [0.25, 0.3) is 0 Å². The van der Waals surface area contributed by atoms with Crippen molar-refractivity contribution in [3.8, 4) is 11.5 Å². The van der Waals surface area contributed by atoms with Gasteiger partial charge in [-0.1, -0.05) is 19.4 Å². The van der Waals surface area contributed by atoms with E-state index in [2.05, 4.69) is 30.8 Å². The van der Waals surface area contributed by atoms with E-state index in [-0.39, 0.29) is 37.3 Å². The first-order chi connectivity index (χ1) is 19.4. The molecule has 3 heterocycles. The molecule has 4 atom stereocenters. The van der Waals surface area contributed by atoms with Gasteiger partial charge in [0.25, 0.3) is 0 Å². The highest BCUT2D eigenvalue weighted by Gasteiger charge is 2.47. The maximum atomic E-state index is 13.7. The van der Waals surface area contributed by atoms with E-state index in [9.17, 15) is 14.7 Å². The predicted molar refractivity (Wildman–Crippen MR) is 154 cm³/mol. The van der Waals surface area contributed by atoms with Crippen molar-refractivity contribution in [2.75, 3.05) is 60.2 Å². The van der Waals surface area contributed by atoms with E-state index in [1.807, 2.05) is 23.1 Å². The molecule has 1 aromatic carbocycles. The largest absolute Gasteiger partial charge is 0.481 e. The molecule has 1 amide bonds. The highest BCUT2D eigenvalue weighted by Crippen LogP contribution is 2.43. The fraction of sp³-hybridized carbons (Fsp3) is 0.742. The molecule has 2 saturated heterocycles. The van der Waals surface area contributed by atoms with Crippen LogP contribution in [0.5, 0.6) is 11.5 Å². The summed E-state index contributed by atoms with van der Waals surface area (Å²) in [5.41, 5.74) is 0.928. The Morgan fingerprint density at radius 1 is 1.02 bits per heavy atom. The lowest BCUT2D eigenvalue weighted by Crippen LogP contribution is -2.45. The molecule has 4 rings (SSSR count). The molecule has 0 aliphatic carbocycles. The third-order valence-electron chi connectivity index (χ3n) is 8.67. The Morgan fingerprint density at radius 3 is 2.52 bits per heavy atom. The van der Waals surface area contributed by atoms with Gasteiger partial charge < -0.3 is 29.1 Å². The summed E-state index contributed by atoms with van der Waals surface area (Å²) in [5, 5.41) is 10.5. The van der Waals surface area contributed by atoms with Crippen LogP contribution in [0.3, 0.4) is 0 Å². The number of unbranched alkanes of at least 4 members (excludes halogenated alkanes) is 2. The van der Waals surface area contributed by atoms with Gasteiger partial charge in [0.15, 0.2) is 11.5 Å². The van der Waals surface area contributed by atoms with Crippen LogP contribution in [0.15, 0.2) is 18.2 Å². The van der Waals surface area contributed by atoms with Gasteiger partial charge >= 0.3 is 5.97 Å². The smallest absolute Gasteiger partial charge is 0.308 e. The minimum Gasteiger partial charge on any atom is -0.481 e. The van der Waals surface area contributed by atoms with Gasteiger partial charge in [0.05, 0.1) is 18.6 Å². The zero-order valence-corrected chi connectivity index (χ0v) is 24.7. The first kappa shape index (κ1) is 30.6. The van der Waals surface area contributed by atoms with Crippen molar-refractivity contribution >= 4 is 11.9 Å². The maximum Gasteiger partial charge on any atom is 0.308 e. The third kappa shape index (κ3) is 8.10. The molecule has 1 unspecified atom stereocenters. The van der Waals surface area contributed by atoms with Gasteiger partial charge in [0, 0.05) is 38.2 Å². The van der Waals surface area contributed by atoms with Crippen molar-refractivity contribution in [2.45, 2.75) is 82.8 Å². The summed E-state index contributed by atoms with van der Waals surface area (Å²) in [6.45, 7) is 6.38. The lowest BCUT2D eigenvalue weighted by atomic mass is 9.83. The summed E-state index contributed by atoms with van der Waals surface area (Å²) in [7, 11) is 4.14. The number of carbonyl (C=O) groups is 2. The topological polar surface area (TPSA) is 91.8 Å². The molecular weight excluding hydrogens is 510 g/mol. The van der Waals surface area contributed by atoms with Crippen LogP contribution in [-0.4, -0.2) is 104 Å². The van der Waals surface area contributed by atoms with Gasteiger partial charge in [-0.2, -0.15) is 0 Å². The van der Waals surface area contributed by atoms with E-state index < -0.39 is 11.9 Å². The molecule has 1 N–H and O–H groups in total. The van der Waals surface area contributed by atoms with E-state index in [0.29, 0.717) is 24.5 Å². The van der Waals surface area contributed by atoms with Gasteiger partial charge in [-0.05, 0) is 89.7 Å². The van der Waals surface area contributed by atoms with Crippen LogP contribution in [-0.2, 0) is 14.3 Å².